The first kappa shape index (κ1) is 14.0. The first-order chi connectivity index (χ1) is 9.33. The summed E-state index contributed by atoms with van der Waals surface area (Å²) >= 11 is 11.7. The summed E-state index contributed by atoms with van der Waals surface area (Å²) in [5, 5.41) is 6.65. The summed E-state index contributed by atoms with van der Waals surface area (Å²) in [5.41, 5.74) is 0. The molecule has 102 valence electrons. The van der Waals surface area contributed by atoms with Gasteiger partial charge in [0.25, 0.3) is 0 Å². The highest BCUT2D eigenvalue weighted by molar-refractivity contribution is 8.00. The fraction of sp³-hybridized carbons (Fsp3) is 0.429. The van der Waals surface area contributed by atoms with E-state index in [1.165, 1.54) is 28.3 Å². The average molecular weight is 330 g/mol. The number of rotatable bonds is 5. The number of nitrogens with one attached hydrogen (secondary N) is 1. The number of thiophene rings is 2. The van der Waals surface area contributed by atoms with Crippen LogP contribution in [0.15, 0.2) is 29.6 Å². The highest BCUT2D eigenvalue weighted by atomic mass is 35.5. The number of thioether (sulfide) groups is 1. The van der Waals surface area contributed by atoms with Crippen molar-refractivity contribution in [2.75, 3.05) is 12.3 Å². The summed E-state index contributed by atoms with van der Waals surface area (Å²) in [6.45, 7) is 1.09. The molecule has 5 heteroatoms. The lowest BCUT2D eigenvalue weighted by Crippen LogP contribution is -2.27. The molecule has 0 radical (unpaired) electrons. The quantitative estimate of drug-likeness (QED) is 0.825. The molecular weight excluding hydrogens is 314 g/mol. The van der Waals surface area contributed by atoms with E-state index >= 15 is 0 Å². The van der Waals surface area contributed by atoms with Gasteiger partial charge in [-0.05, 0) is 42.2 Å². The molecule has 0 saturated carbocycles. The van der Waals surface area contributed by atoms with Gasteiger partial charge in [-0.15, -0.1) is 22.7 Å². The van der Waals surface area contributed by atoms with E-state index < -0.39 is 0 Å². The van der Waals surface area contributed by atoms with Crippen LogP contribution >= 0.6 is 46.0 Å². The standard InChI is InChI=1S/C14H16ClNS3/c15-13-6-5-12(19-13)14(11-4-2-8-18-11)16-9-10-3-1-7-17-10/h2,4-6,8,10,14,16H,1,3,7,9H2. The second kappa shape index (κ2) is 6.64. The van der Waals surface area contributed by atoms with E-state index in [2.05, 4.69) is 40.7 Å². The van der Waals surface area contributed by atoms with E-state index in [4.69, 9.17) is 11.6 Å². The van der Waals surface area contributed by atoms with Crippen molar-refractivity contribution < 1.29 is 0 Å². The van der Waals surface area contributed by atoms with Gasteiger partial charge in [-0.3, -0.25) is 0 Å². The second-order valence-corrected chi connectivity index (χ2v) is 8.77. The summed E-state index contributed by atoms with van der Waals surface area (Å²) < 4.78 is 0.869. The minimum absolute atomic E-state index is 0.304. The fourth-order valence-electron chi connectivity index (χ4n) is 2.33. The maximum Gasteiger partial charge on any atom is 0.0931 e. The van der Waals surface area contributed by atoms with E-state index in [1.807, 2.05) is 17.4 Å². The molecule has 1 aliphatic heterocycles. The van der Waals surface area contributed by atoms with Gasteiger partial charge in [0.1, 0.15) is 0 Å². The third-order valence-electron chi connectivity index (χ3n) is 3.28. The molecule has 0 aromatic carbocycles. The van der Waals surface area contributed by atoms with Crippen molar-refractivity contribution >= 4 is 46.0 Å². The van der Waals surface area contributed by atoms with Gasteiger partial charge < -0.3 is 5.32 Å². The first-order valence-corrected chi connectivity index (χ1v) is 9.59. The molecule has 0 bridgehead atoms. The molecule has 2 atom stereocenters. The lowest BCUT2D eigenvalue weighted by Gasteiger charge is -2.18. The topological polar surface area (TPSA) is 12.0 Å². The predicted octanol–water partition coefficient (Wildman–Crippen LogP) is 5.04. The van der Waals surface area contributed by atoms with Crippen molar-refractivity contribution in [3.8, 4) is 0 Å². The van der Waals surface area contributed by atoms with Crippen LogP contribution in [0, 0.1) is 0 Å². The lowest BCUT2D eigenvalue weighted by atomic mass is 10.2. The molecule has 2 aromatic heterocycles. The lowest BCUT2D eigenvalue weighted by molar-refractivity contribution is 0.596. The SMILES string of the molecule is Clc1ccc(C(NCC2CCCS2)c2cccs2)s1. The van der Waals surface area contributed by atoms with Crippen LogP contribution in [0.5, 0.6) is 0 Å². The third-order valence-corrected chi connectivity index (χ3v) is 6.91. The third kappa shape index (κ3) is 3.56. The summed E-state index contributed by atoms with van der Waals surface area (Å²) in [6.07, 6.45) is 2.71. The maximum absolute atomic E-state index is 6.08. The van der Waals surface area contributed by atoms with E-state index in [0.717, 1.165) is 16.1 Å². The van der Waals surface area contributed by atoms with Gasteiger partial charge in [0.05, 0.1) is 10.4 Å². The van der Waals surface area contributed by atoms with Crippen molar-refractivity contribution in [3.63, 3.8) is 0 Å². The average Bonchev–Trinajstić information content (AvgIpc) is 3.11. The van der Waals surface area contributed by atoms with Crippen LogP contribution in [0.1, 0.15) is 28.6 Å². The van der Waals surface area contributed by atoms with Gasteiger partial charge >= 0.3 is 0 Å². The van der Waals surface area contributed by atoms with E-state index in [0.29, 0.717) is 6.04 Å². The maximum atomic E-state index is 6.08. The number of halogens is 1. The van der Waals surface area contributed by atoms with Gasteiger partial charge in [0.2, 0.25) is 0 Å². The molecule has 1 nitrogen and oxygen atoms in total. The van der Waals surface area contributed by atoms with Crippen molar-refractivity contribution in [1.29, 1.82) is 0 Å². The monoisotopic (exact) mass is 329 g/mol. The van der Waals surface area contributed by atoms with Crippen LogP contribution in [0.25, 0.3) is 0 Å². The second-order valence-electron chi connectivity index (χ2n) is 4.63. The summed E-state index contributed by atoms with van der Waals surface area (Å²) in [4.78, 5) is 2.69. The van der Waals surface area contributed by atoms with Gasteiger partial charge in [0, 0.05) is 21.5 Å². The van der Waals surface area contributed by atoms with Crippen molar-refractivity contribution in [2.24, 2.45) is 0 Å². The fourth-order valence-corrected chi connectivity index (χ4v) is 5.60. The molecule has 2 unspecified atom stereocenters. The van der Waals surface area contributed by atoms with Gasteiger partial charge in [-0.2, -0.15) is 11.8 Å². The normalized spacial score (nSPS) is 20.8. The van der Waals surface area contributed by atoms with Crippen LogP contribution in [-0.4, -0.2) is 17.5 Å². The van der Waals surface area contributed by atoms with Crippen LogP contribution < -0.4 is 5.32 Å². The molecule has 0 aliphatic carbocycles. The molecule has 3 heterocycles. The zero-order valence-electron chi connectivity index (χ0n) is 10.5. The molecule has 1 saturated heterocycles. The van der Waals surface area contributed by atoms with Crippen molar-refractivity contribution in [2.45, 2.75) is 24.1 Å². The Morgan fingerprint density at radius 3 is 2.89 bits per heavy atom. The highest BCUT2D eigenvalue weighted by Crippen LogP contribution is 2.34. The van der Waals surface area contributed by atoms with Crippen LogP contribution in [0.3, 0.4) is 0 Å². The Morgan fingerprint density at radius 1 is 1.32 bits per heavy atom. The Labute approximate surface area is 131 Å². The Bertz CT molecular complexity index is 503. The minimum Gasteiger partial charge on any atom is -0.304 e. The van der Waals surface area contributed by atoms with Crippen molar-refractivity contribution in [1.82, 2.24) is 5.32 Å². The smallest absolute Gasteiger partial charge is 0.0931 e. The van der Waals surface area contributed by atoms with E-state index in [-0.39, 0.29) is 0 Å². The molecule has 0 amide bonds. The van der Waals surface area contributed by atoms with Gasteiger partial charge in [-0.1, -0.05) is 17.7 Å². The molecule has 1 aliphatic rings. The van der Waals surface area contributed by atoms with Gasteiger partial charge in [0.15, 0.2) is 0 Å². The van der Waals surface area contributed by atoms with E-state index in [1.54, 1.807) is 11.3 Å². The molecule has 1 fully saturated rings. The van der Waals surface area contributed by atoms with Crippen LogP contribution in [0.2, 0.25) is 4.34 Å². The first-order valence-electron chi connectivity index (χ1n) is 6.46. The Balaban J connectivity index is 1.73. The predicted molar refractivity (Wildman–Crippen MR) is 89.0 cm³/mol. The van der Waals surface area contributed by atoms with Crippen LogP contribution in [0.4, 0.5) is 0 Å². The molecular formula is C14H16ClNS3. The Kier molecular flexibility index (Phi) is 4.87. The largest absolute Gasteiger partial charge is 0.304 e. The van der Waals surface area contributed by atoms with Crippen LogP contribution in [-0.2, 0) is 0 Å². The zero-order valence-corrected chi connectivity index (χ0v) is 13.7. The molecule has 0 spiro atoms. The summed E-state index contributed by atoms with van der Waals surface area (Å²) in [5.74, 6) is 1.32. The summed E-state index contributed by atoms with van der Waals surface area (Å²) in [7, 11) is 0. The zero-order chi connectivity index (χ0) is 13.1. The molecule has 3 rings (SSSR count). The van der Waals surface area contributed by atoms with Gasteiger partial charge in [-0.25, -0.2) is 0 Å². The Morgan fingerprint density at radius 2 is 2.26 bits per heavy atom. The summed E-state index contributed by atoms with van der Waals surface area (Å²) in [6, 6.07) is 8.77. The minimum atomic E-state index is 0.304. The van der Waals surface area contributed by atoms with Crippen molar-refractivity contribution in [3.05, 3.63) is 43.7 Å². The molecule has 2 aromatic rings. The van der Waals surface area contributed by atoms with E-state index in [9.17, 15) is 0 Å². The highest BCUT2D eigenvalue weighted by Gasteiger charge is 2.21. The molecule has 1 N–H and O–H groups in total. The number of hydrogen-bond donors (Lipinski definition) is 1. The Hall–Kier alpha value is -0.0000000000000000555. The number of hydrogen-bond acceptors (Lipinski definition) is 4. The molecule has 19 heavy (non-hydrogen) atoms.